The first kappa shape index (κ1) is 8.59. The highest BCUT2D eigenvalue weighted by molar-refractivity contribution is 7.80. The lowest BCUT2D eigenvalue weighted by atomic mass is 10.3. The Labute approximate surface area is 85.7 Å². The van der Waals surface area contributed by atoms with Crippen LogP contribution in [0.3, 0.4) is 0 Å². The predicted octanol–water partition coefficient (Wildman–Crippen LogP) is 2.21. The summed E-state index contributed by atoms with van der Waals surface area (Å²) in [4.78, 5) is 2.25. The molecule has 0 aliphatic heterocycles. The van der Waals surface area contributed by atoms with Crippen LogP contribution < -0.4 is 0 Å². The van der Waals surface area contributed by atoms with E-state index in [1.54, 1.807) is 24.5 Å². The molecule has 1 heterocycles. The van der Waals surface area contributed by atoms with Gasteiger partial charge in [0.25, 0.3) is 0 Å². The molecule has 0 bridgehead atoms. The number of hydrogen-bond acceptors (Lipinski definition) is 3. The molecule has 0 aliphatic carbocycles. The molecule has 0 spiro atoms. The summed E-state index contributed by atoms with van der Waals surface area (Å²) in [6.45, 7) is 0. The van der Waals surface area contributed by atoms with Crippen LogP contribution in [-0.2, 0) is 0 Å². The van der Waals surface area contributed by atoms with E-state index in [0.717, 1.165) is 10.6 Å². The molecule has 1 aromatic carbocycles. The Balaban J connectivity index is 2.53. The summed E-state index contributed by atoms with van der Waals surface area (Å²) in [6, 6.07) is 5.36. The Kier molecular flexibility index (Phi) is 2.24. The van der Waals surface area contributed by atoms with E-state index in [4.69, 9.17) is 11.6 Å². The molecule has 0 saturated carbocycles. The molecule has 0 amide bonds. The number of nitrogens with zero attached hydrogens (tertiary/aromatic N) is 3. The SMILES string of the molecule is Sc1cc(Cl)ccc1-n1nccn1. The normalized spacial score (nSPS) is 10.3. The molecule has 0 radical (unpaired) electrons. The summed E-state index contributed by atoms with van der Waals surface area (Å²) in [5.74, 6) is 0. The number of halogens is 1. The van der Waals surface area contributed by atoms with Crippen molar-refractivity contribution in [3.05, 3.63) is 35.6 Å². The standard InChI is InChI=1S/C8H6ClN3S/c9-6-1-2-7(8(13)5-6)12-10-3-4-11-12/h1-5,13H. The number of hydrogen-bond donors (Lipinski definition) is 1. The average Bonchev–Trinajstić information content (AvgIpc) is 2.56. The van der Waals surface area contributed by atoms with Gasteiger partial charge in [-0.15, -0.1) is 12.6 Å². The second-order valence-corrected chi connectivity index (χ2v) is 3.37. The van der Waals surface area contributed by atoms with E-state index in [0.29, 0.717) is 5.02 Å². The fraction of sp³-hybridized carbons (Fsp3) is 0. The van der Waals surface area contributed by atoms with Gasteiger partial charge in [-0.1, -0.05) is 11.6 Å². The van der Waals surface area contributed by atoms with E-state index >= 15 is 0 Å². The first-order valence-electron chi connectivity index (χ1n) is 3.62. The maximum Gasteiger partial charge on any atom is 0.0990 e. The molecular formula is C8H6ClN3S. The minimum atomic E-state index is 0.654. The van der Waals surface area contributed by atoms with Gasteiger partial charge in [0.1, 0.15) is 0 Å². The maximum absolute atomic E-state index is 5.78. The van der Waals surface area contributed by atoms with Crippen LogP contribution >= 0.6 is 24.2 Å². The lowest BCUT2D eigenvalue weighted by Gasteiger charge is -2.02. The maximum atomic E-state index is 5.78. The van der Waals surface area contributed by atoms with Gasteiger partial charge >= 0.3 is 0 Å². The van der Waals surface area contributed by atoms with Crippen molar-refractivity contribution in [2.24, 2.45) is 0 Å². The zero-order chi connectivity index (χ0) is 9.26. The molecule has 1 aromatic heterocycles. The second-order valence-electron chi connectivity index (χ2n) is 2.45. The molecule has 2 rings (SSSR count). The van der Waals surface area contributed by atoms with Crippen molar-refractivity contribution in [3.8, 4) is 5.69 Å². The Bertz CT molecular complexity index is 413. The van der Waals surface area contributed by atoms with E-state index in [1.165, 1.54) is 4.80 Å². The van der Waals surface area contributed by atoms with Gasteiger partial charge in [-0.3, -0.25) is 0 Å². The average molecular weight is 212 g/mol. The number of thiol groups is 1. The number of aromatic nitrogens is 3. The molecule has 0 fully saturated rings. The lowest BCUT2D eigenvalue weighted by molar-refractivity contribution is 0.740. The molecule has 13 heavy (non-hydrogen) atoms. The van der Waals surface area contributed by atoms with Crippen LogP contribution in [0.5, 0.6) is 0 Å². The first-order chi connectivity index (χ1) is 6.27. The predicted molar refractivity (Wildman–Crippen MR) is 53.6 cm³/mol. The van der Waals surface area contributed by atoms with Crippen LogP contribution in [-0.4, -0.2) is 15.0 Å². The molecular weight excluding hydrogens is 206 g/mol. The molecule has 2 aromatic rings. The Hall–Kier alpha value is -1.00. The highest BCUT2D eigenvalue weighted by Crippen LogP contribution is 2.21. The van der Waals surface area contributed by atoms with Gasteiger partial charge in [0.05, 0.1) is 18.1 Å². The Morgan fingerprint density at radius 2 is 1.92 bits per heavy atom. The van der Waals surface area contributed by atoms with E-state index in [1.807, 2.05) is 6.07 Å². The van der Waals surface area contributed by atoms with Gasteiger partial charge in [0.15, 0.2) is 0 Å². The van der Waals surface area contributed by atoms with Crippen LogP contribution in [0.1, 0.15) is 0 Å². The third-order valence-corrected chi connectivity index (χ3v) is 2.16. The summed E-state index contributed by atoms with van der Waals surface area (Å²) in [6.07, 6.45) is 3.23. The number of rotatable bonds is 1. The third kappa shape index (κ3) is 1.68. The largest absolute Gasteiger partial charge is 0.157 e. The summed E-state index contributed by atoms with van der Waals surface area (Å²) in [5.41, 5.74) is 0.817. The fourth-order valence-corrected chi connectivity index (χ4v) is 1.56. The van der Waals surface area contributed by atoms with Crippen LogP contribution in [0.4, 0.5) is 0 Å². The van der Waals surface area contributed by atoms with Gasteiger partial charge in [-0.25, -0.2) is 0 Å². The molecule has 0 saturated heterocycles. The summed E-state index contributed by atoms with van der Waals surface area (Å²) in [7, 11) is 0. The van der Waals surface area contributed by atoms with E-state index in [-0.39, 0.29) is 0 Å². The van der Waals surface area contributed by atoms with Gasteiger partial charge in [-0.2, -0.15) is 15.0 Å². The monoisotopic (exact) mass is 211 g/mol. The molecule has 0 N–H and O–H groups in total. The summed E-state index contributed by atoms with van der Waals surface area (Å²) in [5, 5.41) is 8.63. The van der Waals surface area contributed by atoms with Crippen molar-refractivity contribution in [1.29, 1.82) is 0 Å². The van der Waals surface area contributed by atoms with Crippen molar-refractivity contribution < 1.29 is 0 Å². The van der Waals surface area contributed by atoms with Gasteiger partial charge in [0.2, 0.25) is 0 Å². The van der Waals surface area contributed by atoms with Crippen molar-refractivity contribution in [2.75, 3.05) is 0 Å². The van der Waals surface area contributed by atoms with Crippen LogP contribution in [0, 0.1) is 0 Å². The van der Waals surface area contributed by atoms with Crippen molar-refractivity contribution in [3.63, 3.8) is 0 Å². The van der Waals surface area contributed by atoms with Crippen molar-refractivity contribution in [1.82, 2.24) is 15.0 Å². The fourth-order valence-electron chi connectivity index (χ4n) is 1.01. The smallest absolute Gasteiger partial charge is 0.0990 e. The first-order valence-corrected chi connectivity index (χ1v) is 4.45. The van der Waals surface area contributed by atoms with Crippen LogP contribution in [0.25, 0.3) is 5.69 Å². The van der Waals surface area contributed by atoms with Crippen molar-refractivity contribution >= 4 is 24.2 Å². The zero-order valence-corrected chi connectivity index (χ0v) is 8.20. The van der Waals surface area contributed by atoms with Crippen LogP contribution in [0.2, 0.25) is 5.02 Å². The molecule has 3 nitrogen and oxygen atoms in total. The highest BCUT2D eigenvalue weighted by Gasteiger charge is 2.02. The van der Waals surface area contributed by atoms with Gasteiger partial charge in [-0.05, 0) is 18.2 Å². The summed E-state index contributed by atoms with van der Waals surface area (Å²) >= 11 is 10.0. The van der Waals surface area contributed by atoms with Crippen molar-refractivity contribution in [2.45, 2.75) is 4.90 Å². The van der Waals surface area contributed by atoms with Gasteiger partial charge < -0.3 is 0 Å². The highest BCUT2D eigenvalue weighted by atomic mass is 35.5. The molecule has 0 atom stereocenters. The minimum Gasteiger partial charge on any atom is -0.157 e. The van der Waals surface area contributed by atoms with E-state index < -0.39 is 0 Å². The van der Waals surface area contributed by atoms with E-state index in [2.05, 4.69) is 22.8 Å². The van der Waals surface area contributed by atoms with Crippen LogP contribution in [0.15, 0.2) is 35.5 Å². The Morgan fingerprint density at radius 1 is 1.23 bits per heavy atom. The van der Waals surface area contributed by atoms with E-state index in [9.17, 15) is 0 Å². The lowest BCUT2D eigenvalue weighted by Crippen LogP contribution is -1.99. The molecule has 0 aliphatic rings. The quantitative estimate of drug-likeness (QED) is 0.734. The minimum absolute atomic E-state index is 0.654. The molecule has 66 valence electrons. The van der Waals surface area contributed by atoms with Gasteiger partial charge in [0, 0.05) is 9.92 Å². The zero-order valence-electron chi connectivity index (χ0n) is 6.55. The molecule has 5 heteroatoms. The Morgan fingerprint density at radius 3 is 2.54 bits per heavy atom. The molecule has 0 unspecified atom stereocenters. The number of benzene rings is 1. The second kappa shape index (κ2) is 3.40. The topological polar surface area (TPSA) is 30.7 Å². The third-order valence-electron chi connectivity index (χ3n) is 1.57. The summed E-state index contributed by atoms with van der Waals surface area (Å²) < 4.78 is 0.